The van der Waals surface area contributed by atoms with Crippen LogP contribution in [0.4, 0.5) is 0 Å². The highest BCUT2D eigenvalue weighted by atomic mass is 16.1. The summed E-state index contributed by atoms with van der Waals surface area (Å²) in [5, 5.41) is 0. The van der Waals surface area contributed by atoms with Crippen LogP contribution < -0.4 is 0 Å². The van der Waals surface area contributed by atoms with Crippen LogP contribution in [0.15, 0.2) is 12.2 Å². The van der Waals surface area contributed by atoms with E-state index in [1.54, 1.807) is 0 Å². The zero-order valence-corrected chi connectivity index (χ0v) is 4.05. The highest BCUT2D eigenvalue weighted by Gasteiger charge is 2.00. The van der Waals surface area contributed by atoms with Crippen molar-refractivity contribution in [2.45, 2.75) is 12.8 Å². The summed E-state index contributed by atoms with van der Waals surface area (Å²) < 4.78 is 0. The topological polar surface area (TPSA) is 17.1 Å². The van der Waals surface area contributed by atoms with Gasteiger partial charge in [0, 0.05) is 12.8 Å². The Balaban J connectivity index is 2.47. The molecule has 0 amide bonds. The average molecular weight is 95.1 g/mol. The standard InChI is InChI=1S/C6H7O/c7-6-4-2-1-3-5-6/h1-3H,4-5H2. The number of hydrogen-bond donors (Lipinski definition) is 0. The van der Waals surface area contributed by atoms with Gasteiger partial charge in [-0.15, -0.1) is 0 Å². The van der Waals surface area contributed by atoms with Crippen LogP contribution in [-0.4, -0.2) is 5.78 Å². The molecule has 1 aliphatic rings. The Morgan fingerprint density at radius 3 is 2.57 bits per heavy atom. The lowest BCUT2D eigenvalue weighted by Crippen LogP contribution is -1.98. The van der Waals surface area contributed by atoms with Gasteiger partial charge in [-0.2, -0.15) is 0 Å². The maximum absolute atomic E-state index is 10.4. The second-order valence-corrected chi connectivity index (χ2v) is 1.61. The van der Waals surface area contributed by atoms with E-state index < -0.39 is 0 Å². The van der Waals surface area contributed by atoms with Crippen LogP contribution in [0.3, 0.4) is 0 Å². The van der Waals surface area contributed by atoms with Crippen LogP contribution in [0.5, 0.6) is 0 Å². The summed E-state index contributed by atoms with van der Waals surface area (Å²) in [5.74, 6) is 0.322. The van der Waals surface area contributed by atoms with Crippen molar-refractivity contribution in [2.75, 3.05) is 0 Å². The van der Waals surface area contributed by atoms with Crippen molar-refractivity contribution in [1.82, 2.24) is 0 Å². The minimum Gasteiger partial charge on any atom is -0.299 e. The molecule has 0 saturated carbocycles. The molecule has 37 valence electrons. The molecule has 7 heavy (non-hydrogen) atoms. The van der Waals surface area contributed by atoms with E-state index in [0.717, 1.165) is 0 Å². The second kappa shape index (κ2) is 1.92. The molecule has 0 aliphatic heterocycles. The Bertz CT molecular complexity index is 103. The molecule has 0 aromatic heterocycles. The van der Waals surface area contributed by atoms with Crippen LogP contribution >= 0.6 is 0 Å². The van der Waals surface area contributed by atoms with Crippen LogP contribution in [0.1, 0.15) is 12.8 Å². The molecule has 1 aliphatic carbocycles. The van der Waals surface area contributed by atoms with Crippen molar-refractivity contribution in [3.8, 4) is 0 Å². The van der Waals surface area contributed by atoms with Gasteiger partial charge in [-0.1, -0.05) is 12.2 Å². The van der Waals surface area contributed by atoms with Crippen molar-refractivity contribution < 1.29 is 4.79 Å². The van der Waals surface area contributed by atoms with E-state index in [4.69, 9.17) is 0 Å². The molecular formula is C6H7O. The van der Waals surface area contributed by atoms with Crippen molar-refractivity contribution in [3.05, 3.63) is 18.6 Å². The number of allylic oxidation sites excluding steroid dienone is 2. The fourth-order valence-electron chi connectivity index (χ4n) is 0.579. The molecule has 0 aromatic rings. The first kappa shape index (κ1) is 4.57. The van der Waals surface area contributed by atoms with Gasteiger partial charge in [0.1, 0.15) is 5.78 Å². The Morgan fingerprint density at radius 1 is 1.43 bits per heavy atom. The third-order valence-electron chi connectivity index (χ3n) is 0.963. The van der Waals surface area contributed by atoms with Gasteiger partial charge >= 0.3 is 0 Å². The summed E-state index contributed by atoms with van der Waals surface area (Å²) in [6.45, 7) is 0. The molecule has 1 radical (unpaired) electrons. The van der Waals surface area contributed by atoms with E-state index in [1.165, 1.54) is 0 Å². The van der Waals surface area contributed by atoms with Crippen LogP contribution in [0.25, 0.3) is 0 Å². The van der Waals surface area contributed by atoms with Gasteiger partial charge in [0.25, 0.3) is 0 Å². The number of hydrogen-bond acceptors (Lipinski definition) is 1. The van der Waals surface area contributed by atoms with E-state index in [0.29, 0.717) is 18.6 Å². The Labute approximate surface area is 43.0 Å². The molecule has 0 spiro atoms. The van der Waals surface area contributed by atoms with E-state index in [2.05, 4.69) is 0 Å². The van der Waals surface area contributed by atoms with Crippen molar-refractivity contribution >= 4 is 5.78 Å². The van der Waals surface area contributed by atoms with Gasteiger partial charge in [0.2, 0.25) is 0 Å². The molecule has 1 rings (SSSR count). The van der Waals surface area contributed by atoms with Crippen molar-refractivity contribution in [3.63, 3.8) is 0 Å². The molecule has 0 bridgehead atoms. The fraction of sp³-hybridized carbons (Fsp3) is 0.333. The Morgan fingerprint density at radius 2 is 2.29 bits per heavy atom. The monoisotopic (exact) mass is 95.0 g/mol. The van der Waals surface area contributed by atoms with E-state index in [9.17, 15) is 4.79 Å². The number of carbonyl (C=O) groups is 1. The van der Waals surface area contributed by atoms with Crippen LogP contribution in [0, 0.1) is 6.42 Å². The average Bonchev–Trinajstić information content (AvgIpc) is 1.69. The molecule has 1 nitrogen and oxygen atoms in total. The first-order chi connectivity index (χ1) is 3.39. The summed E-state index contributed by atoms with van der Waals surface area (Å²) >= 11 is 0. The molecule has 0 fully saturated rings. The first-order valence-electron chi connectivity index (χ1n) is 2.39. The van der Waals surface area contributed by atoms with Crippen molar-refractivity contribution in [2.24, 2.45) is 0 Å². The maximum atomic E-state index is 10.4. The van der Waals surface area contributed by atoms with E-state index >= 15 is 0 Å². The first-order valence-corrected chi connectivity index (χ1v) is 2.39. The SMILES string of the molecule is O=C1C[CH]C=CC1. The Hall–Kier alpha value is -0.590. The van der Waals surface area contributed by atoms with Crippen LogP contribution in [0.2, 0.25) is 0 Å². The Kier molecular flexibility index (Phi) is 1.25. The fourth-order valence-corrected chi connectivity index (χ4v) is 0.579. The number of ketones is 1. The highest BCUT2D eigenvalue weighted by Crippen LogP contribution is 2.02. The summed E-state index contributed by atoms with van der Waals surface area (Å²) in [5.41, 5.74) is 0. The smallest absolute Gasteiger partial charge is 0.137 e. The van der Waals surface area contributed by atoms with Gasteiger partial charge in [-0.25, -0.2) is 0 Å². The van der Waals surface area contributed by atoms with Gasteiger partial charge in [0.15, 0.2) is 0 Å². The molecule has 0 aromatic carbocycles. The quantitative estimate of drug-likeness (QED) is 0.440. The second-order valence-electron chi connectivity index (χ2n) is 1.61. The minimum absolute atomic E-state index is 0.322. The summed E-state index contributed by atoms with van der Waals surface area (Å²) in [6, 6.07) is 0. The third kappa shape index (κ3) is 1.15. The number of Topliss-reactive ketones (excluding diaryl/α,β-unsaturated/α-hetero) is 1. The van der Waals surface area contributed by atoms with Gasteiger partial charge in [0.05, 0.1) is 0 Å². The molecular weight excluding hydrogens is 88.1 g/mol. The minimum atomic E-state index is 0.322. The summed E-state index contributed by atoms with van der Waals surface area (Å²) in [6.07, 6.45) is 6.96. The summed E-state index contributed by atoms with van der Waals surface area (Å²) in [4.78, 5) is 10.4. The predicted octanol–water partition coefficient (Wildman–Crippen LogP) is 1.11. The van der Waals surface area contributed by atoms with E-state index in [1.807, 2.05) is 18.6 Å². The van der Waals surface area contributed by atoms with Gasteiger partial charge in [-0.05, 0) is 6.42 Å². The van der Waals surface area contributed by atoms with Crippen molar-refractivity contribution in [1.29, 1.82) is 0 Å². The summed E-state index contributed by atoms with van der Waals surface area (Å²) in [7, 11) is 0. The lowest BCUT2D eigenvalue weighted by atomic mass is 10.1. The molecule has 0 atom stereocenters. The normalized spacial score (nSPS) is 20.3. The molecule has 1 heteroatoms. The molecule has 0 heterocycles. The van der Waals surface area contributed by atoms with Crippen LogP contribution in [-0.2, 0) is 4.79 Å². The zero-order valence-electron chi connectivity index (χ0n) is 4.05. The molecule has 0 saturated heterocycles. The molecule has 0 unspecified atom stereocenters. The number of carbonyl (C=O) groups excluding carboxylic acids is 1. The maximum Gasteiger partial charge on any atom is 0.137 e. The third-order valence-corrected chi connectivity index (χ3v) is 0.963. The highest BCUT2D eigenvalue weighted by molar-refractivity contribution is 5.82. The predicted molar refractivity (Wildman–Crippen MR) is 27.7 cm³/mol. The lowest BCUT2D eigenvalue weighted by molar-refractivity contribution is -0.117. The largest absolute Gasteiger partial charge is 0.299 e. The van der Waals surface area contributed by atoms with Gasteiger partial charge in [-0.3, -0.25) is 4.79 Å². The van der Waals surface area contributed by atoms with Gasteiger partial charge < -0.3 is 0 Å². The molecule has 0 N–H and O–H groups in total. The van der Waals surface area contributed by atoms with E-state index in [-0.39, 0.29) is 0 Å². The lowest BCUT2D eigenvalue weighted by Gasteiger charge is -1.97. The number of rotatable bonds is 0. The zero-order chi connectivity index (χ0) is 5.11.